The number of morpholine rings is 1. The molecule has 0 aromatic carbocycles. The van der Waals surface area contributed by atoms with E-state index in [0.29, 0.717) is 32.7 Å². The Hall–Kier alpha value is -0.630. The van der Waals surface area contributed by atoms with Gasteiger partial charge in [0, 0.05) is 62.6 Å². The van der Waals surface area contributed by atoms with E-state index in [1.807, 2.05) is 0 Å². The molecule has 2 aliphatic heterocycles. The molecule has 1 aromatic heterocycles. The number of hydrogen-bond donors (Lipinski definition) is 1. The molecule has 0 spiro atoms. The van der Waals surface area contributed by atoms with Gasteiger partial charge < -0.3 is 15.0 Å². The van der Waals surface area contributed by atoms with Crippen LogP contribution in [0.15, 0.2) is 17.1 Å². The lowest BCUT2D eigenvalue weighted by molar-refractivity contribution is -0.181. The van der Waals surface area contributed by atoms with Gasteiger partial charge >= 0.3 is 6.18 Å². The minimum atomic E-state index is -4.19. The number of guanidine groups is 1. The Balaban J connectivity index is 0.00000341. The number of aliphatic imine (C=N–C) groups is 1. The van der Waals surface area contributed by atoms with Crippen LogP contribution in [0, 0.1) is 6.92 Å². The molecule has 2 unspecified atom stereocenters. The molecule has 2 aliphatic rings. The first-order valence-electron chi connectivity index (χ1n) is 10.4. The van der Waals surface area contributed by atoms with Crippen molar-refractivity contribution in [1.82, 2.24) is 20.0 Å². The van der Waals surface area contributed by atoms with Gasteiger partial charge in [-0.05, 0) is 26.0 Å². The number of nitrogens with one attached hydrogen (secondary N) is 1. The molecular weight excluding hydrogens is 542 g/mol. The number of hydrogen-bond acceptors (Lipinski definition) is 5. The maximum Gasteiger partial charge on any atom is 0.403 e. The fourth-order valence-electron chi connectivity index (χ4n) is 3.98. The van der Waals surface area contributed by atoms with Crippen LogP contribution in [0.25, 0.3) is 0 Å². The second-order valence-corrected chi connectivity index (χ2v) is 9.10. The van der Waals surface area contributed by atoms with Gasteiger partial charge in [-0.1, -0.05) is 0 Å². The minimum absolute atomic E-state index is 0. The SMILES string of the molecule is CN=C(NCC(c1ccc(C)s1)N1CCOCC1)N1CCN(C(C)C(F)(F)F)CC1.I. The normalized spacial score (nSPS) is 21.5. The maximum absolute atomic E-state index is 13.0. The Bertz CT molecular complexity index is 703. The van der Waals surface area contributed by atoms with Gasteiger partial charge in [0.15, 0.2) is 5.96 Å². The number of aryl methyl sites for hydroxylation is 1. The summed E-state index contributed by atoms with van der Waals surface area (Å²) < 4.78 is 44.5. The number of nitrogens with zero attached hydrogens (tertiary/aromatic N) is 4. The number of halogens is 4. The van der Waals surface area contributed by atoms with Crippen LogP contribution in [0.4, 0.5) is 13.2 Å². The third-order valence-electron chi connectivity index (χ3n) is 5.88. The molecule has 11 heteroatoms. The van der Waals surface area contributed by atoms with E-state index in [4.69, 9.17) is 4.74 Å². The lowest BCUT2D eigenvalue weighted by atomic mass is 10.2. The lowest BCUT2D eigenvalue weighted by Crippen LogP contribution is -2.57. The van der Waals surface area contributed by atoms with Crippen molar-refractivity contribution in [3.05, 3.63) is 21.9 Å². The van der Waals surface area contributed by atoms with Gasteiger partial charge in [-0.15, -0.1) is 35.3 Å². The minimum Gasteiger partial charge on any atom is -0.379 e. The molecule has 3 heterocycles. The molecule has 0 bridgehead atoms. The van der Waals surface area contributed by atoms with Crippen molar-refractivity contribution in [2.75, 3.05) is 66.1 Å². The summed E-state index contributed by atoms with van der Waals surface area (Å²) in [5.41, 5.74) is 0. The number of ether oxygens (including phenoxy) is 1. The highest BCUT2D eigenvalue weighted by atomic mass is 127. The molecule has 0 amide bonds. The van der Waals surface area contributed by atoms with Crippen molar-refractivity contribution in [2.45, 2.75) is 32.1 Å². The van der Waals surface area contributed by atoms with E-state index in [9.17, 15) is 13.2 Å². The predicted molar refractivity (Wildman–Crippen MR) is 130 cm³/mol. The van der Waals surface area contributed by atoms with Gasteiger partial charge in [-0.3, -0.25) is 14.8 Å². The summed E-state index contributed by atoms with van der Waals surface area (Å²) in [6, 6.07) is 3.13. The zero-order valence-electron chi connectivity index (χ0n) is 18.3. The molecule has 2 atom stereocenters. The molecule has 2 saturated heterocycles. The summed E-state index contributed by atoms with van der Waals surface area (Å²) in [5, 5.41) is 3.48. The number of piperazine rings is 1. The quantitative estimate of drug-likeness (QED) is 0.332. The van der Waals surface area contributed by atoms with Crippen molar-refractivity contribution in [2.24, 2.45) is 4.99 Å². The van der Waals surface area contributed by atoms with Crippen LogP contribution in [0.3, 0.4) is 0 Å². The summed E-state index contributed by atoms with van der Waals surface area (Å²) in [6.45, 7) is 9.08. The van der Waals surface area contributed by atoms with Crippen LogP contribution in [-0.4, -0.2) is 99.0 Å². The number of alkyl halides is 3. The number of thiophene rings is 1. The van der Waals surface area contributed by atoms with E-state index < -0.39 is 12.2 Å². The third kappa shape index (κ3) is 7.18. The van der Waals surface area contributed by atoms with E-state index in [2.05, 4.69) is 39.2 Å². The second-order valence-electron chi connectivity index (χ2n) is 7.78. The summed E-state index contributed by atoms with van der Waals surface area (Å²) in [6.07, 6.45) is -4.19. The smallest absolute Gasteiger partial charge is 0.379 e. The molecule has 0 saturated carbocycles. The average Bonchev–Trinajstić information content (AvgIpc) is 3.17. The molecule has 178 valence electrons. The van der Waals surface area contributed by atoms with Gasteiger partial charge in [0.2, 0.25) is 0 Å². The first-order chi connectivity index (χ1) is 14.3. The Morgan fingerprint density at radius 3 is 2.29 bits per heavy atom. The summed E-state index contributed by atoms with van der Waals surface area (Å²) in [7, 11) is 1.73. The third-order valence-corrected chi connectivity index (χ3v) is 6.98. The fraction of sp³-hybridized carbons (Fsp3) is 0.750. The Morgan fingerprint density at radius 2 is 1.77 bits per heavy atom. The first kappa shape index (κ1) is 26.6. The predicted octanol–water partition coefficient (Wildman–Crippen LogP) is 3.19. The monoisotopic (exact) mass is 575 g/mol. The van der Waals surface area contributed by atoms with Gasteiger partial charge in [0.05, 0.1) is 19.3 Å². The van der Waals surface area contributed by atoms with Crippen LogP contribution in [0.2, 0.25) is 0 Å². The molecule has 6 nitrogen and oxygen atoms in total. The fourth-order valence-corrected chi connectivity index (χ4v) is 4.99. The molecule has 1 N–H and O–H groups in total. The van der Waals surface area contributed by atoms with Crippen LogP contribution >= 0.6 is 35.3 Å². The molecule has 1 aromatic rings. The highest BCUT2D eigenvalue weighted by Gasteiger charge is 2.41. The Morgan fingerprint density at radius 1 is 1.13 bits per heavy atom. The van der Waals surface area contributed by atoms with E-state index in [1.165, 1.54) is 21.6 Å². The molecular formula is C20H33F3IN5OS. The maximum atomic E-state index is 13.0. The highest BCUT2D eigenvalue weighted by Crippen LogP contribution is 2.28. The highest BCUT2D eigenvalue weighted by molar-refractivity contribution is 14.0. The van der Waals surface area contributed by atoms with E-state index in [0.717, 1.165) is 32.3 Å². The van der Waals surface area contributed by atoms with Crippen molar-refractivity contribution >= 4 is 41.3 Å². The van der Waals surface area contributed by atoms with Crippen LogP contribution in [0.5, 0.6) is 0 Å². The second kappa shape index (κ2) is 12.0. The first-order valence-corrected chi connectivity index (χ1v) is 11.3. The van der Waals surface area contributed by atoms with Crippen molar-refractivity contribution in [3.63, 3.8) is 0 Å². The molecule has 31 heavy (non-hydrogen) atoms. The van der Waals surface area contributed by atoms with Gasteiger partial charge in [-0.2, -0.15) is 13.2 Å². The summed E-state index contributed by atoms with van der Waals surface area (Å²) >= 11 is 1.80. The van der Waals surface area contributed by atoms with Crippen molar-refractivity contribution in [3.8, 4) is 0 Å². The topological polar surface area (TPSA) is 43.3 Å². The van der Waals surface area contributed by atoms with Crippen molar-refractivity contribution in [1.29, 1.82) is 0 Å². The Kier molecular flexibility index (Phi) is 10.3. The summed E-state index contributed by atoms with van der Waals surface area (Å²) in [4.78, 5) is 13.0. The molecule has 3 rings (SSSR count). The largest absolute Gasteiger partial charge is 0.403 e. The van der Waals surface area contributed by atoms with E-state index in [1.54, 1.807) is 18.4 Å². The van der Waals surface area contributed by atoms with Gasteiger partial charge in [0.1, 0.15) is 6.04 Å². The number of rotatable bonds is 5. The van der Waals surface area contributed by atoms with E-state index in [-0.39, 0.29) is 30.0 Å². The van der Waals surface area contributed by atoms with Crippen LogP contribution in [0.1, 0.15) is 22.7 Å². The van der Waals surface area contributed by atoms with Crippen LogP contribution in [-0.2, 0) is 4.74 Å². The molecule has 0 radical (unpaired) electrons. The van der Waals surface area contributed by atoms with E-state index >= 15 is 0 Å². The molecule has 2 fully saturated rings. The van der Waals surface area contributed by atoms with Crippen LogP contribution < -0.4 is 5.32 Å². The average molecular weight is 575 g/mol. The van der Waals surface area contributed by atoms with Gasteiger partial charge in [-0.25, -0.2) is 0 Å². The zero-order valence-corrected chi connectivity index (χ0v) is 21.5. The van der Waals surface area contributed by atoms with Gasteiger partial charge in [0.25, 0.3) is 0 Å². The van der Waals surface area contributed by atoms with Crippen molar-refractivity contribution < 1.29 is 17.9 Å². The molecule has 0 aliphatic carbocycles. The standard InChI is InChI=1S/C20H32F3N5OS.HI/c1-15-4-5-18(30-15)17(27-10-12-29-13-11-27)14-25-19(24-3)28-8-6-26(7-9-28)16(2)20(21,22)23;/h4-5,16-17H,6-14H2,1-3H3,(H,24,25);1H. The zero-order chi connectivity index (χ0) is 21.7. The Labute approximate surface area is 203 Å². The lowest BCUT2D eigenvalue weighted by Gasteiger charge is -2.40. The summed E-state index contributed by atoms with van der Waals surface area (Å²) in [5.74, 6) is 0.751.